The largest absolute Gasteiger partial charge is 0.367 e. The van der Waals surface area contributed by atoms with Gasteiger partial charge >= 0.3 is 0 Å². The lowest BCUT2D eigenvalue weighted by Gasteiger charge is -2.15. The Morgan fingerprint density at radius 1 is 1.00 bits per heavy atom. The lowest BCUT2D eigenvalue weighted by molar-refractivity contribution is 0.0946. The summed E-state index contributed by atoms with van der Waals surface area (Å²) in [5.41, 5.74) is 2.24. The number of nitrogens with one attached hydrogen (secondary N) is 2. The molecule has 6 nitrogen and oxygen atoms in total. The minimum Gasteiger partial charge on any atom is -0.367 e. The van der Waals surface area contributed by atoms with Crippen LogP contribution in [0.2, 0.25) is 0 Å². The normalized spacial score (nSPS) is 14.0. The molecule has 2 heterocycles. The molecule has 1 fully saturated rings. The van der Waals surface area contributed by atoms with E-state index in [1.165, 1.54) is 12.8 Å². The number of hydrogen-bond donors (Lipinski definition) is 2. The fourth-order valence-corrected chi connectivity index (χ4v) is 3.41. The maximum absolute atomic E-state index is 12.7. The first-order valence-corrected chi connectivity index (χ1v) is 9.66. The van der Waals surface area contributed by atoms with Gasteiger partial charge in [-0.25, -0.2) is 9.97 Å². The van der Waals surface area contributed by atoms with Gasteiger partial charge in [0.05, 0.1) is 0 Å². The van der Waals surface area contributed by atoms with Crippen molar-refractivity contribution in [3.63, 3.8) is 0 Å². The summed E-state index contributed by atoms with van der Waals surface area (Å²) < 4.78 is 0. The molecular formula is C22H23N5O. The average molecular weight is 373 g/mol. The van der Waals surface area contributed by atoms with E-state index < -0.39 is 0 Å². The van der Waals surface area contributed by atoms with Crippen LogP contribution in [0.5, 0.6) is 0 Å². The molecule has 0 spiro atoms. The fraction of sp³-hybridized carbons (Fsp3) is 0.273. The van der Waals surface area contributed by atoms with Crippen molar-refractivity contribution in [3.8, 4) is 11.4 Å². The van der Waals surface area contributed by atoms with Crippen molar-refractivity contribution in [1.29, 1.82) is 0 Å². The molecule has 1 saturated carbocycles. The van der Waals surface area contributed by atoms with Gasteiger partial charge in [0.15, 0.2) is 5.82 Å². The Balaban J connectivity index is 1.58. The van der Waals surface area contributed by atoms with Crippen LogP contribution in [-0.4, -0.2) is 26.9 Å². The first-order chi connectivity index (χ1) is 13.8. The molecule has 0 atom stereocenters. The van der Waals surface area contributed by atoms with Crippen LogP contribution in [0.15, 0.2) is 60.9 Å². The van der Waals surface area contributed by atoms with Crippen molar-refractivity contribution >= 4 is 11.7 Å². The molecule has 0 radical (unpaired) electrons. The van der Waals surface area contributed by atoms with Crippen LogP contribution in [0.4, 0.5) is 5.82 Å². The zero-order chi connectivity index (χ0) is 19.2. The Bertz CT molecular complexity index is 924. The molecule has 0 unspecified atom stereocenters. The number of carbonyl (C=O) groups is 1. The highest BCUT2D eigenvalue weighted by Crippen LogP contribution is 2.23. The second kappa shape index (κ2) is 8.61. The van der Waals surface area contributed by atoms with Gasteiger partial charge in [0.25, 0.3) is 5.91 Å². The third-order valence-electron chi connectivity index (χ3n) is 4.90. The number of pyridine rings is 1. The van der Waals surface area contributed by atoms with Crippen LogP contribution in [0.1, 0.15) is 41.7 Å². The number of benzene rings is 1. The fourth-order valence-electron chi connectivity index (χ4n) is 3.41. The van der Waals surface area contributed by atoms with Gasteiger partial charge in [-0.1, -0.05) is 43.2 Å². The molecule has 0 aliphatic heterocycles. The maximum atomic E-state index is 12.7. The zero-order valence-electron chi connectivity index (χ0n) is 15.6. The Morgan fingerprint density at radius 2 is 1.75 bits per heavy atom. The molecule has 4 rings (SSSR count). The van der Waals surface area contributed by atoms with E-state index in [0.717, 1.165) is 24.0 Å². The van der Waals surface area contributed by atoms with E-state index in [1.54, 1.807) is 18.5 Å². The molecule has 28 heavy (non-hydrogen) atoms. The van der Waals surface area contributed by atoms with Crippen LogP contribution >= 0.6 is 0 Å². The molecule has 2 N–H and O–H groups in total. The van der Waals surface area contributed by atoms with E-state index in [1.807, 2.05) is 42.5 Å². The van der Waals surface area contributed by atoms with E-state index >= 15 is 0 Å². The molecule has 6 heteroatoms. The molecule has 1 amide bonds. The summed E-state index contributed by atoms with van der Waals surface area (Å²) in [6, 6.07) is 15.6. The average Bonchev–Trinajstić information content (AvgIpc) is 3.26. The van der Waals surface area contributed by atoms with Gasteiger partial charge in [0.2, 0.25) is 0 Å². The quantitative estimate of drug-likeness (QED) is 0.687. The number of hydrogen-bond acceptors (Lipinski definition) is 5. The van der Waals surface area contributed by atoms with Crippen LogP contribution in [-0.2, 0) is 6.54 Å². The summed E-state index contributed by atoms with van der Waals surface area (Å²) in [6.07, 6.45) is 8.15. The Hall–Kier alpha value is -3.28. The number of anilines is 1. The topological polar surface area (TPSA) is 79.8 Å². The number of aromatic nitrogens is 3. The first-order valence-electron chi connectivity index (χ1n) is 9.66. The molecule has 2 aromatic heterocycles. The summed E-state index contributed by atoms with van der Waals surface area (Å²) in [5, 5.41) is 6.41. The summed E-state index contributed by atoms with van der Waals surface area (Å²) in [6.45, 7) is 0.428. The second-order valence-electron chi connectivity index (χ2n) is 6.99. The number of carbonyl (C=O) groups excluding carboxylic acids is 1. The molecular weight excluding hydrogens is 350 g/mol. The number of rotatable bonds is 6. The summed E-state index contributed by atoms with van der Waals surface area (Å²) in [7, 11) is 0. The van der Waals surface area contributed by atoms with Gasteiger partial charge in [-0.05, 0) is 30.5 Å². The lowest BCUT2D eigenvalue weighted by Crippen LogP contribution is -2.25. The monoisotopic (exact) mass is 373 g/mol. The van der Waals surface area contributed by atoms with E-state index in [-0.39, 0.29) is 5.91 Å². The van der Waals surface area contributed by atoms with Gasteiger partial charge in [-0.3, -0.25) is 9.78 Å². The van der Waals surface area contributed by atoms with Gasteiger partial charge in [-0.15, -0.1) is 0 Å². The summed E-state index contributed by atoms with van der Waals surface area (Å²) >= 11 is 0. The predicted molar refractivity (Wildman–Crippen MR) is 109 cm³/mol. The van der Waals surface area contributed by atoms with Gasteiger partial charge < -0.3 is 10.6 Å². The number of nitrogens with zero attached hydrogens (tertiary/aromatic N) is 3. The van der Waals surface area contributed by atoms with Gasteiger partial charge in [0.1, 0.15) is 11.5 Å². The Kier molecular flexibility index (Phi) is 5.56. The maximum Gasteiger partial charge on any atom is 0.270 e. The van der Waals surface area contributed by atoms with E-state index in [0.29, 0.717) is 29.9 Å². The minimum atomic E-state index is -0.217. The van der Waals surface area contributed by atoms with Crippen molar-refractivity contribution in [3.05, 3.63) is 72.2 Å². The van der Waals surface area contributed by atoms with Gasteiger partial charge in [0, 0.05) is 36.6 Å². The Morgan fingerprint density at radius 3 is 2.50 bits per heavy atom. The highest BCUT2D eigenvalue weighted by Gasteiger charge is 2.18. The molecule has 1 aromatic carbocycles. The van der Waals surface area contributed by atoms with Crippen molar-refractivity contribution in [2.24, 2.45) is 0 Å². The zero-order valence-corrected chi connectivity index (χ0v) is 15.6. The molecule has 0 saturated heterocycles. The van der Waals surface area contributed by atoms with Crippen molar-refractivity contribution in [2.45, 2.75) is 38.3 Å². The molecule has 0 bridgehead atoms. The van der Waals surface area contributed by atoms with E-state index in [9.17, 15) is 4.79 Å². The smallest absolute Gasteiger partial charge is 0.270 e. The molecule has 1 aliphatic rings. The van der Waals surface area contributed by atoms with Crippen LogP contribution in [0.3, 0.4) is 0 Å². The Labute approximate surface area is 164 Å². The molecule has 1 aliphatic carbocycles. The standard InChI is InChI=1S/C22H23N5O/c28-22(24-15-16-10-12-23-13-11-16)19-14-20(25-18-8-4-5-9-18)27-21(26-19)17-6-2-1-3-7-17/h1-3,6-7,10-14,18H,4-5,8-9,15H2,(H,24,28)(H,25,26,27). The predicted octanol–water partition coefficient (Wildman–Crippen LogP) is 3.82. The third kappa shape index (κ3) is 4.52. The molecule has 142 valence electrons. The SMILES string of the molecule is O=C(NCc1ccncc1)c1cc(NC2CCCC2)nc(-c2ccccc2)n1. The summed E-state index contributed by atoms with van der Waals surface area (Å²) in [5.74, 6) is 1.04. The van der Waals surface area contributed by atoms with Crippen LogP contribution in [0.25, 0.3) is 11.4 Å². The van der Waals surface area contributed by atoms with Crippen molar-refractivity contribution in [1.82, 2.24) is 20.3 Å². The first kappa shape index (κ1) is 18.1. The highest BCUT2D eigenvalue weighted by atomic mass is 16.1. The van der Waals surface area contributed by atoms with Crippen molar-refractivity contribution < 1.29 is 4.79 Å². The third-order valence-corrected chi connectivity index (χ3v) is 4.90. The lowest BCUT2D eigenvalue weighted by atomic mass is 10.2. The van der Waals surface area contributed by atoms with Crippen LogP contribution in [0, 0.1) is 0 Å². The summed E-state index contributed by atoms with van der Waals surface area (Å²) in [4.78, 5) is 25.9. The number of amides is 1. The van der Waals surface area contributed by atoms with Crippen molar-refractivity contribution in [2.75, 3.05) is 5.32 Å². The second-order valence-corrected chi connectivity index (χ2v) is 6.99. The van der Waals surface area contributed by atoms with E-state index in [4.69, 9.17) is 0 Å². The minimum absolute atomic E-state index is 0.217. The molecule has 3 aromatic rings. The van der Waals surface area contributed by atoms with Crippen LogP contribution < -0.4 is 10.6 Å². The van der Waals surface area contributed by atoms with E-state index in [2.05, 4.69) is 25.6 Å². The van der Waals surface area contributed by atoms with Gasteiger partial charge in [-0.2, -0.15) is 0 Å². The highest BCUT2D eigenvalue weighted by molar-refractivity contribution is 5.93.